The quantitative estimate of drug-likeness (QED) is 0.282. The Labute approximate surface area is 178 Å². The van der Waals surface area contributed by atoms with Gasteiger partial charge in [-0.1, -0.05) is 0 Å². The van der Waals surface area contributed by atoms with Crippen LogP contribution in [0.25, 0.3) is 21.9 Å². The maximum Gasteiger partial charge on any atom is 0.378 e. The second kappa shape index (κ2) is 9.37. The third kappa shape index (κ3) is 4.87. The average Bonchev–Trinajstić information content (AvgIpc) is 3.18. The summed E-state index contributed by atoms with van der Waals surface area (Å²) in [6, 6.07) is 14.5. The number of nitriles is 1. The van der Waals surface area contributed by atoms with E-state index in [0.717, 1.165) is 36.7 Å². The van der Waals surface area contributed by atoms with Crippen LogP contribution in [0.15, 0.2) is 57.9 Å². The van der Waals surface area contributed by atoms with Crippen molar-refractivity contribution in [2.45, 2.75) is 19.3 Å². The lowest BCUT2D eigenvalue weighted by molar-refractivity contribution is 0.313. The average molecular weight is 417 g/mol. The van der Waals surface area contributed by atoms with Crippen LogP contribution in [0.3, 0.4) is 0 Å². The molecular formula is C24H23N3O4. The summed E-state index contributed by atoms with van der Waals surface area (Å²) >= 11 is 0. The Hall–Kier alpha value is -3.76. The fourth-order valence-electron chi connectivity index (χ4n) is 3.56. The summed E-state index contributed by atoms with van der Waals surface area (Å²) in [5.74, 6) is 0.209. The molecule has 7 heteroatoms. The van der Waals surface area contributed by atoms with Gasteiger partial charge in [0.05, 0.1) is 11.6 Å². The van der Waals surface area contributed by atoms with E-state index < -0.39 is 11.4 Å². The molecule has 0 saturated carbocycles. The van der Waals surface area contributed by atoms with E-state index in [4.69, 9.17) is 14.4 Å². The first-order valence-electron chi connectivity index (χ1n) is 10.2. The molecule has 3 N–H and O–H groups in total. The van der Waals surface area contributed by atoms with Crippen LogP contribution in [0.4, 0.5) is 0 Å². The van der Waals surface area contributed by atoms with E-state index in [9.17, 15) is 9.90 Å². The minimum absolute atomic E-state index is 0.382. The van der Waals surface area contributed by atoms with Crippen LogP contribution in [0.2, 0.25) is 0 Å². The zero-order valence-corrected chi connectivity index (χ0v) is 17.0. The Morgan fingerprint density at radius 2 is 2.03 bits per heavy atom. The minimum atomic E-state index is -0.760. The first-order valence-corrected chi connectivity index (χ1v) is 10.2. The van der Waals surface area contributed by atoms with Gasteiger partial charge >= 0.3 is 5.63 Å². The molecule has 0 unspecified atom stereocenters. The van der Waals surface area contributed by atoms with Gasteiger partial charge in [0.1, 0.15) is 17.9 Å². The summed E-state index contributed by atoms with van der Waals surface area (Å²) in [7, 11) is 0. The minimum Gasteiger partial charge on any atom is -0.502 e. The van der Waals surface area contributed by atoms with E-state index in [2.05, 4.69) is 16.4 Å². The lowest BCUT2D eigenvalue weighted by Crippen LogP contribution is -2.22. The molecular weight excluding hydrogens is 394 g/mol. The summed E-state index contributed by atoms with van der Waals surface area (Å²) in [5, 5.41) is 23.6. The normalized spacial score (nSPS) is 11.1. The summed E-state index contributed by atoms with van der Waals surface area (Å²) in [5.41, 5.74) is 2.61. The van der Waals surface area contributed by atoms with Gasteiger partial charge in [-0.05, 0) is 67.8 Å². The second-order valence-corrected chi connectivity index (χ2v) is 7.36. The molecule has 0 amide bonds. The van der Waals surface area contributed by atoms with Gasteiger partial charge in [-0.25, -0.2) is 4.79 Å². The highest BCUT2D eigenvalue weighted by Crippen LogP contribution is 2.22. The predicted octanol–water partition coefficient (Wildman–Crippen LogP) is 3.84. The van der Waals surface area contributed by atoms with Crippen molar-refractivity contribution in [2.24, 2.45) is 0 Å². The van der Waals surface area contributed by atoms with Gasteiger partial charge in [0.2, 0.25) is 5.75 Å². The molecule has 7 nitrogen and oxygen atoms in total. The van der Waals surface area contributed by atoms with Crippen LogP contribution in [0, 0.1) is 11.3 Å². The number of unbranched alkanes of at least 4 members (excludes halogenated alkanes) is 1. The van der Waals surface area contributed by atoms with Gasteiger partial charge in [0.15, 0.2) is 0 Å². The number of aryl methyl sites for hydroxylation is 1. The number of rotatable bonds is 9. The number of H-pyrrole nitrogens is 1. The maximum absolute atomic E-state index is 11.4. The van der Waals surface area contributed by atoms with Crippen LogP contribution in [-0.2, 0) is 6.42 Å². The SMILES string of the molecule is N#Cc1ccc2[nH]cc(CCCCNCCOc3ccc4cc(O)c(=O)oc4c3)c2c1. The molecule has 0 aliphatic heterocycles. The van der Waals surface area contributed by atoms with Crippen LogP contribution in [-0.4, -0.2) is 29.8 Å². The molecule has 2 aromatic carbocycles. The largest absolute Gasteiger partial charge is 0.502 e. The molecule has 0 saturated heterocycles. The standard InChI is InChI=1S/C24H23N3O4/c25-14-16-4-7-21-20(11-16)18(15-27-21)3-1-2-8-26-9-10-30-19-6-5-17-12-22(28)24(29)31-23(17)13-19/h4-7,11-13,15,26-28H,1-3,8-10H2. The number of nitrogens with zero attached hydrogens (tertiary/aromatic N) is 1. The molecule has 0 aliphatic carbocycles. The number of ether oxygens (including phenoxy) is 1. The first kappa shape index (κ1) is 20.5. The number of hydrogen-bond acceptors (Lipinski definition) is 6. The number of benzene rings is 2. The smallest absolute Gasteiger partial charge is 0.378 e. The lowest BCUT2D eigenvalue weighted by atomic mass is 10.1. The molecule has 0 radical (unpaired) electrons. The number of aromatic hydroxyl groups is 1. The fraction of sp³-hybridized carbons (Fsp3) is 0.250. The molecule has 4 aromatic rings. The van der Waals surface area contributed by atoms with E-state index >= 15 is 0 Å². The third-order valence-electron chi connectivity index (χ3n) is 5.18. The van der Waals surface area contributed by atoms with Crippen LogP contribution in [0.5, 0.6) is 11.5 Å². The number of aromatic nitrogens is 1. The Kier molecular flexibility index (Phi) is 6.20. The predicted molar refractivity (Wildman–Crippen MR) is 118 cm³/mol. The zero-order chi connectivity index (χ0) is 21.6. The van der Waals surface area contributed by atoms with E-state index in [1.165, 1.54) is 11.6 Å². The number of fused-ring (bicyclic) bond motifs is 2. The van der Waals surface area contributed by atoms with Crippen molar-refractivity contribution >= 4 is 21.9 Å². The first-order chi connectivity index (χ1) is 15.1. The van der Waals surface area contributed by atoms with Gasteiger partial charge < -0.3 is 24.6 Å². The molecule has 2 aromatic heterocycles. The van der Waals surface area contributed by atoms with E-state index in [-0.39, 0.29) is 0 Å². The molecule has 0 bridgehead atoms. The molecule has 158 valence electrons. The summed E-state index contributed by atoms with van der Waals surface area (Å²) in [6.45, 7) is 2.09. The molecule has 31 heavy (non-hydrogen) atoms. The summed E-state index contributed by atoms with van der Waals surface area (Å²) < 4.78 is 10.8. The second-order valence-electron chi connectivity index (χ2n) is 7.36. The number of hydrogen-bond donors (Lipinski definition) is 3. The van der Waals surface area contributed by atoms with Gasteiger partial charge in [-0.15, -0.1) is 0 Å². The number of aromatic amines is 1. The van der Waals surface area contributed by atoms with E-state index in [1.807, 2.05) is 24.4 Å². The number of nitrogens with one attached hydrogen (secondary N) is 2. The monoisotopic (exact) mass is 417 g/mol. The van der Waals surface area contributed by atoms with Crippen molar-refractivity contribution in [3.63, 3.8) is 0 Å². The molecule has 4 rings (SSSR count). The Morgan fingerprint density at radius 1 is 1.13 bits per heavy atom. The van der Waals surface area contributed by atoms with Gasteiger partial charge in [-0.2, -0.15) is 5.26 Å². The van der Waals surface area contributed by atoms with E-state index in [1.54, 1.807) is 18.2 Å². The molecule has 0 aliphatic rings. The topological polar surface area (TPSA) is 111 Å². The van der Waals surface area contributed by atoms with Crippen molar-refractivity contribution in [1.82, 2.24) is 10.3 Å². The van der Waals surface area contributed by atoms with Gasteiger partial charge in [0.25, 0.3) is 0 Å². The fourth-order valence-corrected chi connectivity index (χ4v) is 3.56. The van der Waals surface area contributed by atoms with Crippen LogP contribution < -0.4 is 15.7 Å². The summed E-state index contributed by atoms with van der Waals surface area (Å²) in [6.07, 6.45) is 5.08. The molecule has 2 heterocycles. The highest BCUT2D eigenvalue weighted by molar-refractivity contribution is 5.84. The van der Waals surface area contributed by atoms with Crippen molar-refractivity contribution in [3.05, 3.63) is 70.2 Å². The lowest BCUT2D eigenvalue weighted by Gasteiger charge is -2.08. The van der Waals surface area contributed by atoms with Gasteiger partial charge in [0, 0.05) is 35.1 Å². The third-order valence-corrected chi connectivity index (χ3v) is 5.18. The summed E-state index contributed by atoms with van der Waals surface area (Å²) in [4.78, 5) is 14.7. The van der Waals surface area contributed by atoms with Gasteiger partial charge in [-0.3, -0.25) is 0 Å². The van der Waals surface area contributed by atoms with E-state index in [0.29, 0.717) is 35.4 Å². The molecule has 0 fully saturated rings. The van der Waals surface area contributed by atoms with Crippen LogP contribution in [0.1, 0.15) is 24.0 Å². The Morgan fingerprint density at radius 3 is 2.90 bits per heavy atom. The molecule has 0 atom stereocenters. The van der Waals surface area contributed by atoms with Crippen molar-refractivity contribution in [3.8, 4) is 17.6 Å². The Bertz CT molecular complexity index is 1300. The maximum atomic E-state index is 11.4. The highest BCUT2D eigenvalue weighted by Gasteiger charge is 2.06. The van der Waals surface area contributed by atoms with Crippen molar-refractivity contribution in [1.29, 1.82) is 5.26 Å². The van der Waals surface area contributed by atoms with Crippen molar-refractivity contribution < 1.29 is 14.3 Å². The van der Waals surface area contributed by atoms with Crippen LogP contribution >= 0.6 is 0 Å². The Balaban J connectivity index is 1.17. The molecule has 0 spiro atoms. The highest BCUT2D eigenvalue weighted by atomic mass is 16.5. The zero-order valence-electron chi connectivity index (χ0n) is 17.0. The van der Waals surface area contributed by atoms with Crippen molar-refractivity contribution in [2.75, 3.05) is 19.7 Å².